The van der Waals surface area contributed by atoms with Crippen LogP contribution < -0.4 is 5.32 Å². The second kappa shape index (κ2) is 9.59. The van der Waals surface area contributed by atoms with Gasteiger partial charge in [0.05, 0.1) is 23.2 Å². The number of nitrogens with one attached hydrogen (secondary N) is 1. The van der Waals surface area contributed by atoms with Crippen LogP contribution in [0.1, 0.15) is 39.3 Å². The molecule has 11 heteroatoms. The fourth-order valence-electron chi connectivity index (χ4n) is 4.36. The Morgan fingerprint density at radius 3 is 2.51 bits per heavy atom. The van der Waals surface area contributed by atoms with Crippen molar-refractivity contribution in [1.29, 1.82) is 0 Å². The van der Waals surface area contributed by atoms with Gasteiger partial charge in [0, 0.05) is 33.6 Å². The number of thioether (sulfide) groups is 1. The van der Waals surface area contributed by atoms with Crippen LogP contribution >= 0.6 is 35.0 Å². The molecule has 1 amide bonds. The molecule has 1 N–H and O–H groups in total. The molecule has 1 aromatic carbocycles. The van der Waals surface area contributed by atoms with Gasteiger partial charge in [0.1, 0.15) is 5.71 Å². The first-order valence-corrected chi connectivity index (χ1v) is 12.8. The minimum atomic E-state index is -4.80. The zero-order valence-corrected chi connectivity index (χ0v) is 21.4. The van der Waals surface area contributed by atoms with Crippen LogP contribution in [0.3, 0.4) is 0 Å². The average Bonchev–Trinajstić information content (AvgIpc) is 3.35. The third kappa shape index (κ3) is 4.61. The lowest BCUT2D eigenvalue weighted by Gasteiger charge is -2.29. The largest absolute Gasteiger partial charge is 0.435 e. The normalized spacial score (nSPS) is 18.0. The molecular formula is C24H22Cl2F3N3O2S. The van der Waals surface area contributed by atoms with Crippen LogP contribution in [0, 0.1) is 13.8 Å². The van der Waals surface area contributed by atoms with Crippen molar-refractivity contribution in [3.63, 3.8) is 0 Å². The molecular weight excluding hydrogens is 522 g/mol. The van der Waals surface area contributed by atoms with Gasteiger partial charge in [-0.15, -0.1) is 0 Å². The molecule has 186 valence electrons. The topological polar surface area (TPSA) is 55.1 Å². The first-order valence-electron chi connectivity index (χ1n) is 10.7. The quantitative estimate of drug-likeness (QED) is 0.359. The van der Waals surface area contributed by atoms with Crippen molar-refractivity contribution < 1.29 is 22.8 Å². The maximum atomic E-state index is 14.4. The van der Waals surface area contributed by atoms with E-state index in [2.05, 4.69) is 10.5 Å². The van der Waals surface area contributed by atoms with Crippen molar-refractivity contribution in [3.8, 4) is 0 Å². The molecule has 5 nitrogen and oxygen atoms in total. The third-order valence-electron chi connectivity index (χ3n) is 5.93. The van der Waals surface area contributed by atoms with Crippen molar-refractivity contribution in [2.75, 3.05) is 18.6 Å². The van der Waals surface area contributed by atoms with Gasteiger partial charge in [0.15, 0.2) is 0 Å². The monoisotopic (exact) mass is 543 g/mol. The predicted octanol–water partition coefficient (Wildman–Crippen LogP) is 6.54. The van der Waals surface area contributed by atoms with Gasteiger partial charge in [-0.05, 0) is 62.1 Å². The number of pyridine rings is 1. The van der Waals surface area contributed by atoms with Gasteiger partial charge in [0.2, 0.25) is 0 Å². The molecule has 0 bridgehead atoms. The van der Waals surface area contributed by atoms with Crippen LogP contribution in [0.5, 0.6) is 0 Å². The number of aryl methyl sites for hydroxylation is 2. The number of oxime groups is 1. The molecule has 2 aromatic heterocycles. The maximum Gasteiger partial charge on any atom is 0.435 e. The fourth-order valence-corrected chi connectivity index (χ4v) is 5.19. The van der Waals surface area contributed by atoms with Crippen LogP contribution in [0.4, 0.5) is 13.2 Å². The van der Waals surface area contributed by atoms with Gasteiger partial charge in [-0.2, -0.15) is 24.9 Å². The number of aromatic nitrogens is 1. The molecule has 0 fully saturated rings. The molecule has 1 aliphatic heterocycles. The van der Waals surface area contributed by atoms with E-state index in [1.54, 1.807) is 28.3 Å². The van der Waals surface area contributed by atoms with E-state index in [-0.39, 0.29) is 27.2 Å². The Morgan fingerprint density at radius 2 is 1.89 bits per heavy atom. The third-order valence-corrected chi connectivity index (χ3v) is 6.97. The molecule has 1 unspecified atom stereocenters. The van der Waals surface area contributed by atoms with E-state index in [9.17, 15) is 18.0 Å². The number of hydrogen-bond donors (Lipinski definition) is 1. The van der Waals surface area contributed by atoms with E-state index in [0.717, 1.165) is 17.0 Å². The first-order chi connectivity index (χ1) is 16.5. The van der Waals surface area contributed by atoms with E-state index in [4.69, 9.17) is 28.0 Å². The number of halogens is 5. The highest BCUT2D eigenvalue weighted by Crippen LogP contribution is 2.49. The summed E-state index contributed by atoms with van der Waals surface area (Å²) in [5, 5.41) is 6.88. The Balaban J connectivity index is 1.79. The molecule has 0 radical (unpaired) electrons. The summed E-state index contributed by atoms with van der Waals surface area (Å²) in [7, 11) is 0. The second-order valence-corrected chi connectivity index (χ2v) is 10.2. The first kappa shape index (κ1) is 25.7. The number of alkyl halides is 3. The van der Waals surface area contributed by atoms with Gasteiger partial charge in [-0.25, -0.2) is 0 Å². The fraction of sp³-hybridized carbons (Fsp3) is 0.333. The average molecular weight is 544 g/mol. The Labute approximate surface area is 214 Å². The highest BCUT2D eigenvalue weighted by atomic mass is 35.5. The van der Waals surface area contributed by atoms with Crippen molar-refractivity contribution in [3.05, 3.63) is 74.5 Å². The Bertz CT molecular complexity index is 1320. The maximum absolute atomic E-state index is 14.4. The molecule has 0 aliphatic carbocycles. The minimum absolute atomic E-state index is 0.0595. The number of rotatable bonds is 6. The molecule has 1 atom stereocenters. The molecule has 0 saturated heterocycles. The number of amides is 1. The summed E-state index contributed by atoms with van der Waals surface area (Å²) in [5.41, 5.74) is 0.146. The Morgan fingerprint density at radius 1 is 1.20 bits per heavy atom. The second-order valence-electron chi connectivity index (χ2n) is 8.32. The molecule has 35 heavy (non-hydrogen) atoms. The molecule has 3 heterocycles. The summed E-state index contributed by atoms with van der Waals surface area (Å²) in [6.07, 6.45) is -3.44. The van der Waals surface area contributed by atoms with E-state index in [0.29, 0.717) is 23.3 Å². The van der Waals surface area contributed by atoms with Crippen molar-refractivity contribution >= 4 is 52.1 Å². The lowest BCUT2D eigenvalue weighted by atomic mass is 9.87. The van der Waals surface area contributed by atoms with Gasteiger partial charge < -0.3 is 14.6 Å². The number of benzene rings is 1. The summed E-state index contributed by atoms with van der Waals surface area (Å²) in [5.74, 6) is 0.514. The van der Waals surface area contributed by atoms with E-state index < -0.39 is 18.2 Å². The predicted molar refractivity (Wildman–Crippen MR) is 134 cm³/mol. The number of hydrogen-bond acceptors (Lipinski definition) is 4. The van der Waals surface area contributed by atoms with Crippen molar-refractivity contribution in [2.45, 2.75) is 32.0 Å². The van der Waals surface area contributed by atoms with Crippen molar-refractivity contribution in [2.24, 2.45) is 5.16 Å². The van der Waals surface area contributed by atoms with Crippen LogP contribution in [-0.4, -0.2) is 40.7 Å². The van der Waals surface area contributed by atoms with Crippen LogP contribution in [-0.2, 0) is 10.4 Å². The lowest BCUT2D eigenvalue weighted by Crippen LogP contribution is -2.42. The van der Waals surface area contributed by atoms with Crippen LogP contribution in [0.2, 0.25) is 10.0 Å². The van der Waals surface area contributed by atoms with Gasteiger partial charge >= 0.3 is 6.18 Å². The Hall–Kier alpha value is -2.36. The van der Waals surface area contributed by atoms with Crippen LogP contribution in [0.15, 0.2) is 41.6 Å². The molecule has 0 saturated carbocycles. The summed E-state index contributed by atoms with van der Waals surface area (Å²) < 4.78 is 45.0. The summed E-state index contributed by atoms with van der Waals surface area (Å²) in [6, 6.07) is 8.80. The van der Waals surface area contributed by atoms with Crippen molar-refractivity contribution in [1.82, 2.24) is 9.72 Å². The Kier molecular flexibility index (Phi) is 7.05. The summed E-state index contributed by atoms with van der Waals surface area (Å²) in [4.78, 5) is 18.0. The molecule has 4 rings (SSSR count). The number of nitrogens with zero attached hydrogens (tertiary/aromatic N) is 2. The van der Waals surface area contributed by atoms with Gasteiger partial charge in [-0.3, -0.25) is 4.79 Å². The smallest absolute Gasteiger partial charge is 0.374 e. The lowest BCUT2D eigenvalue weighted by molar-refractivity contribution is -0.275. The minimum Gasteiger partial charge on any atom is -0.374 e. The van der Waals surface area contributed by atoms with Gasteiger partial charge in [0.25, 0.3) is 11.5 Å². The highest BCUT2D eigenvalue weighted by Gasteiger charge is 2.62. The molecule has 3 aromatic rings. The summed E-state index contributed by atoms with van der Waals surface area (Å²) >= 11 is 13.6. The number of carbonyl (C=O) groups excluding carboxylic acids is 1. The van der Waals surface area contributed by atoms with E-state index in [1.807, 2.05) is 26.2 Å². The van der Waals surface area contributed by atoms with E-state index in [1.165, 1.54) is 18.2 Å². The molecule has 1 aliphatic rings. The zero-order valence-electron chi connectivity index (χ0n) is 19.1. The standard InChI is InChI=1S/C24H22Cl2F3N3O2S/c1-13-8-14(2)32-20(5-4-18(21(13)32)22(33)30-6-7-35-3)19-12-23(34-31-19,24(27,28)29)15-9-16(25)11-17(26)10-15/h4-5,8-11H,6-7,12H2,1-3H3,(H,30,33). The SMILES string of the molecule is CSCCNC(=O)c1ccc(C2=NOC(c3cc(Cl)cc(Cl)c3)(C(F)(F)F)C2)n2c(C)cc(C)c12. The van der Waals surface area contributed by atoms with Crippen LogP contribution in [0.25, 0.3) is 5.52 Å². The highest BCUT2D eigenvalue weighted by molar-refractivity contribution is 7.98. The van der Waals surface area contributed by atoms with Gasteiger partial charge in [-0.1, -0.05) is 28.4 Å². The summed E-state index contributed by atoms with van der Waals surface area (Å²) in [6.45, 7) is 4.18. The number of carbonyl (C=O) groups is 1. The molecule has 0 spiro atoms. The number of fused-ring (bicyclic) bond motifs is 1. The zero-order chi connectivity index (χ0) is 25.5. The van der Waals surface area contributed by atoms with E-state index >= 15 is 0 Å².